The van der Waals surface area contributed by atoms with Crippen molar-refractivity contribution in [2.45, 2.75) is 24.3 Å². The fourth-order valence-electron chi connectivity index (χ4n) is 1.94. The second-order valence-electron chi connectivity index (χ2n) is 5.08. The predicted octanol–water partition coefficient (Wildman–Crippen LogP) is 1.42. The van der Waals surface area contributed by atoms with Crippen molar-refractivity contribution in [1.82, 2.24) is 5.32 Å². The third-order valence-corrected chi connectivity index (χ3v) is 5.04. The highest BCUT2D eigenvalue weighted by atomic mass is 32.2. The lowest BCUT2D eigenvalue weighted by Crippen LogP contribution is -2.42. The van der Waals surface area contributed by atoms with Crippen LogP contribution in [0, 0.1) is 6.92 Å². The van der Waals surface area contributed by atoms with Crippen molar-refractivity contribution in [3.05, 3.63) is 29.3 Å². The smallest absolute Gasteiger partial charge is 0.328 e. The Morgan fingerprint density at radius 3 is 2.52 bits per heavy atom. The summed E-state index contributed by atoms with van der Waals surface area (Å²) in [6.07, 6.45) is 3.41. The zero-order valence-corrected chi connectivity index (χ0v) is 15.2. The first-order valence-electron chi connectivity index (χ1n) is 6.89. The molecule has 0 saturated carbocycles. The number of sulfone groups is 1. The first-order chi connectivity index (χ1) is 10.7. The van der Waals surface area contributed by atoms with Gasteiger partial charge in [-0.15, -0.1) is 0 Å². The zero-order chi connectivity index (χ0) is 17.6. The summed E-state index contributed by atoms with van der Waals surface area (Å²) >= 11 is 1.55. The topological polar surface area (TPSA) is 89.5 Å². The van der Waals surface area contributed by atoms with Gasteiger partial charge >= 0.3 is 5.97 Å². The van der Waals surface area contributed by atoms with Crippen LogP contribution >= 0.6 is 11.8 Å². The van der Waals surface area contributed by atoms with Gasteiger partial charge in [0.2, 0.25) is 0 Å². The lowest BCUT2D eigenvalue weighted by Gasteiger charge is -2.17. The largest absolute Gasteiger partial charge is 0.467 e. The van der Waals surface area contributed by atoms with Gasteiger partial charge in [0, 0.05) is 11.8 Å². The molecule has 0 bridgehead atoms. The molecule has 0 aliphatic rings. The summed E-state index contributed by atoms with van der Waals surface area (Å²) in [5.74, 6) is -0.337. The van der Waals surface area contributed by atoms with Crippen LogP contribution in [0.15, 0.2) is 23.1 Å². The number of ether oxygens (including phenoxy) is 1. The summed E-state index contributed by atoms with van der Waals surface area (Å²) in [7, 11) is -2.15. The number of carbonyl (C=O) groups is 2. The van der Waals surface area contributed by atoms with Gasteiger partial charge in [0.25, 0.3) is 5.91 Å². The second kappa shape index (κ2) is 8.35. The molecule has 0 spiro atoms. The van der Waals surface area contributed by atoms with Crippen molar-refractivity contribution in [3.63, 3.8) is 0 Å². The number of nitrogens with one attached hydrogen (secondary N) is 1. The van der Waals surface area contributed by atoms with Crippen molar-refractivity contribution in [2.24, 2.45) is 0 Å². The average Bonchev–Trinajstić information content (AvgIpc) is 2.49. The van der Waals surface area contributed by atoms with E-state index < -0.39 is 27.8 Å². The molecule has 128 valence electrons. The first kappa shape index (κ1) is 19.5. The number of carbonyl (C=O) groups excluding carboxylic acids is 2. The summed E-state index contributed by atoms with van der Waals surface area (Å²) in [4.78, 5) is 24.2. The van der Waals surface area contributed by atoms with Crippen LogP contribution < -0.4 is 5.32 Å². The SMILES string of the molecule is COC(=O)[C@@H](CCSC)NC(=O)c1cc(S(C)(=O)=O)ccc1C. The van der Waals surface area contributed by atoms with Crippen LogP contribution in [0.4, 0.5) is 0 Å². The van der Waals surface area contributed by atoms with E-state index in [0.717, 1.165) is 6.26 Å². The van der Waals surface area contributed by atoms with Crippen molar-refractivity contribution < 1.29 is 22.7 Å². The second-order valence-corrected chi connectivity index (χ2v) is 8.08. The van der Waals surface area contributed by atoms with Gasteiger partial charge in [-0.1, -0.05) is 6.07 Å². The lowest BCUT2D eigenvalue weighted by atomic mass is 10.1. The number of thioether (sulfide) groups is 1. The summed E-state index contributed by atoms with van der Waals surface area (Å²) in [5.41, 5.74) is 0.856. The number of benzene rings is 1. The number of amides is 1. The minimum Gasteiger partial charge on any atom is -0.467 e. The summed E-state index contributed by atoms with van der Waals surface area (Å²) < 4.78 is 28.0. The summed E-state index contributed by atoms with van der Waals surface area (Å²) in [6.45, 7) is 1.70. The first-order valence-corrected chi connectivity index (χ1v) is 10.2. The van der Waals surface area contributed by atoms with E-state index in [1.807, 2.05) is 6.26 Å². The highest BCUT2D eigenvalue weighted by Crippen LogP contribution is 2.16. The van der Waals surface area contributed by atoms with Crippen molar-refractivity contribution >= 4 is 33.5 Å². The number of methoxy groups -OCH3 is 1. The Morgan fingerprint density at radius 2 is 2.00 bits per heavy atom. The summed E-state index contributed by atoms with van der Waals surface area (Å²) in [6, 6.07) is 3.58. The van der Waals surface area contributed by atoms with Gasteiger partial charge in [-0.05, 0) is 43.0 Å². The average molecular weight is 359 g/mol. The Balaban J connectivity index is 3.05. The fraction of sp³-hybridized carbons (Fsp3) is 0.467. The van der Waals surface area contributed by atoms with Crippen LogP contribution in [0.5, 0.6) is 0 Å². The van der Waals surface area contributed by atoms with Crippen LogP contribution in [-0.2, 0) is 19.4 Å². The van der Waals surface area contributed by atoms with Crippen LogP contribution in [0.3, 0.4) is 0 Å². The number of esters is 1. The van der Waals surface area contributed by atoms with Gasteiger partial charge < -0.3 is 10.1 Å². The maximum absolute atomic E-state index is 12.4. The van der Waals surface area contributed by atoms with Crippen molar-refractivity contribution in [3.8, 4) is 0 Å². The monoisotopic (exact) mass is 359 g/mol. The molecule has 1 atom stereocenters. The van der Waals surface area contributed by atoms with Gasteiger partial charge in [0.05, 0.1) is 12.0 Å². The highest BCUT2D eigenvalue weighted by molar-refractivity contribution is 7.98. The van der Waals surface area contributed by atoms with E-state index in [2.05, 4.69) is 5.32 Å². The van der Waals surface area contributed by atoms with E-state index in [0.29, 0.717) is 17.7 Å². The normalized spacial score (nSPS) is 12.5. The van der Waals surface area contributed by atoms with Gasteiger partial charge in [-0.2, -0.15) is 11.8 Å². The predicted molar refractivity (Wildman–Crippen MR) is 90.6 cm³/mol. The number of aryl methyl sites for hydroxylation is 1. The molecule has 1 aromatic carbocycles. The number of rotatable bonds is 7. The minimum atomic E-state index is -3.41. The maximum atomic E-state index is 12.4. The van der Waals surface area contributed by atoms with Crippen LogP contribution in [0.1, 0.15) is 22.3 Å². The van der Waals surface area contributed by atoms with Crippen LogP contribution in [-0.4, -0.2) is 51.7 Å². The molecule has 0 fully saturated rings. The zero-order valence-electron chi connectivity index (χ0n) is 13.6. The molecule has 6 nitrogen and oxygen atoms in total. The minimum absolute atomic E-state index is 0.0620. The molecular formula is C15H21NO5S2. The van der Waals surface area contributed by atoms with Crippen molar-refractivity contribution in [2.75, 3.05) is 25.4 Å². The van der Waals surface area contributed by atoms with E-state index in [9.17, 15) is 18.0 Å². The molecule has 0 saturated heterocycles. The Bertz CT molecular complexity index is 685. The molecule has 1 amide bonds. The van der Waals surface area contributed by atoms with E-state index in [1.165, 1.54) is 19.2 Å². The Kier molecular flexibility index (Phi) is 7.08. The molecule has 0 heterocycles. The molecule has 0 aromatic heterocycles. The maximum Gasteiger partial charge on any atom is 0.328 e. The van der Waals surface area contributed by atoms with Gasteiger partial charge in [-0.25, -0.2) is 13.2 Å². The van der Waals surface area contributed by atoms with Crippen molar-refractivity contribution in [1.29, 1.82) is 0 Å². The van der Waals surface area contributed by atoms with Crippen LogP contribution in [0.2, 0.25) is 0 Å². The quantitative estimate of drug-likeness (QED) is 0.741. The van der Waals surface area contributed by atoms with Gasteiger partial charge in [-0.3, -0.25) is 4.79 Å². The van der Waals surface area contributed by atoms with E-state index in [4.69, 9.17) is 4.74 Å². The molecule has 0 radical (unpaired) electrons. The van der Waals surface area contributed by atoms with Gasteiger partial charge in [0.15, 0.2) is 9.84 Å². The van der Waals surface area contributed by atoms with Crippen LogP contribution in [0.25, 0.3) is 0 Å². The van der Waals surface area contributed by atoms with E-state index in [1.54, 1.807) is 24.8 Å². The molecule has 23 heavy (non-hydrogen) atoms. The third-order valence-electron chi connectivity index (χ3n) is 3.28. The third kappa shape index (κ3) is 5.54. The molecular weight excluding hydrogens is 338 g/mol. The fourth-order valence-corrected chi connectivity index (χ4v) is 3.06. The molecule has 1 aromatic rings. The Labute approximate surface area is 140 Å². The number of hydrogen-bond acceptors (Lipinski definition) is 6. The Hall–Kier alpha value is -1.54. The molecule has 1 rings (SSSR count). The summed E-state index contributed by atoms with van der Waals surface area (Å²) in [5, 5.41) is 2.62. The molecule has 0 aliphatic carbocycles. The van der Waals surface area contributed by atoms with Gasteiger partial charge in [0.1, 0.15) is 6.04 Å². The molecule has 8 heteroatoms. The van der Waals surface area contributed by atoms with E-state index >= 15 is 0 Å². The molecule has 0 unspecified atom stereocenters. The molecule has 0 aliphatic heterocycles. The molecule has 1 N–H and O–H groups in total. The van der Waals surface area contributed by atoms with E-state index in [-0.39, 0.29) is 10.5 Å². The lowest BCUT2D eigenvalue weighted by molar-refractivity contribution is -0.142. The number of hydrogen-bond donors (Lipinski definition) is 1. The highest BCUT2D eigenvalue weighted by Gasteiger charge is 2.23. The standard InChI is InChI=1S/C15H21NO5S2/c1-10-5-6-11(23(4,19)20)9-12(10)14(17)16-13(7-8-22-3)15(18)21-2/h5-6,9,13H,7-8H2,1-4H3,(H,16,17)/t13-/m1/s1. The Morgan fingerprint density at radius 1 is 1.35 bits per heavy atom.